The summed E-state index contributed by atoms with van der Waals surface area (Å²) in [6.07, 6.45) is 1.65. The number of benzene rings is 1. The van der Waals surface area contributed by atoms with Crippen molar-refractivity contribution in [3.05, 3.63) is 57.6 Å². The van der Waals surface area contributed by atoms with Crippen LogP contribution in [0.25, 0.3) is 11.2 Å². The predicted octanol–water partition coefficient (Wildman–Crippen LogP) is 2.86. The second-order valence-electron chi connectivity index (χ2n) is 4.28. The summed E-state index contributed by atoms with van der Waals surface area (Å²) in [5.41, 5.74) is 2.10. The topological polar surface area (TPSA) is 60.1 Å². The average Bonchev–Trinajstić information content (AvgIpc) is 2.77. The molecule has 0 spiro atoms. The Morgan fingerprint density at radius 3 is 2.85 bits per heavy atom. The van der Waals surface area contributed by atoms with Crippen molar-refractivity contribution < 1.29 is 4.42 Å². The number of oxazole rings is 1. The molecule has 2 heterocycles. The van der Waals surface area contributed by atoms with Gasteiger partial charge in [-0.05, 0) is 36.4 Å². The second-order valence-corrected chi connectivity index (χ2v) is 5.19. The molecule has 0 aliphatic heterocycles. The molecule has 0 aliphatic carbocycles. The molecule has 6 heteroatoms. The SMILES string of the molecule is O=c1oc2cccnc2n1CCNc1ccc(Br)cc1. The monoisotopic (exact) mass is 333 g/mol. The van der Waals surface area contributed by atoms with Crippen molar-refractivity contribution in [3.8, 4) is 0 Å². The summed E-state index contributed by atoms with van der Waals surface area (Å²) >= 11 is 3.39. The number of anilines is 1. The number of nitrogens with zero attached hydrogens (tertiary/aromatic N) is 2. The summed E-state index contributed by atoms with van der Waals surface area (Å²) in [6, 6.07) is 11.3. The summed E-state index contributed by atoms with van der Waals surface area (Å²) in [6.45, 7) is 1.12. The lowest BCUT2D eigenvalue weighted by Gasteiger charge is -2.06. The molecule has 20 heavy (non-hydrogen) atoms. The van der Waals surface area contributed by atoms with Crippen molar-refractivity contribution in [2.75, 3.05) is 11.9 Å². The van der Waals surface area contributed by atoms with E-state index in [-0.39, 0.29) is 5.76 Å². The summed E-state index contributed by atoms with van der Waals surface area (Å²) < 4.78 is 7.69. The van der Waals surface area contributed by atoms with Gasteiger partial charge in [0.05, 0.1) is 0 Å². The standard InChI is InChI=1S/C14H12BrN3O2/c15-10-3-5-11(6-4-10)16-8-9-18-13-12(20-14(18)19)2-1-7-17-13/h1-7,16H,8-9H2. The molecule has 0 aliphatic rings. The number of fused-ring (bicyclic) bond motifs is 1. The molecule has 0 atom stereocenters. The molecular weight excluding hydrogens is 322 g/mol. The summed E-state index contributed by atoms with van der Waals surface area (Å²) in [4.78, 5) is 15.9. The van der Waals surface area contributed by atoms with Gasteiger partial charge in [-0.2, -0.15) is 0 Å². The van der Waals surface area contributed by atoms with E-state index in [1.54, 1.807) is 18.3 Å². The molecule has 1 N–H and O–H groups in total. The fourth-order valence-corrected chi connectivity index (χ4v) is 2.24. The van der Waals surface area contributed by atoms with E-state index >= 15 is 0 Å². The molecular formula is C14H12BrN3O2. The maximum absolute atomic E-state index is 11.7. The Balaban J connectivity index is 1.72. The summed E-state index contributed by atoms with van der Waals surface area (Å²) in [7, 11) is 0. The third kappa shape index (κ3) is 2.60. The lowest BCUT2D eigenvalue weighted by molar-refractivity contribution is 0.509. The van der Waals surface area contributed by atoms with Gasteiger partial charge in [0.2, 0.25) is 0 Å². The van der Waals surface area contributed by atoms with Crippen LogP contribution < -0.4 is 11.1 Å². The van der Waals surface area contributed by atoms with Crippen molar-refractivity contribution in [1.29, 1.82) is 0 Å². The normalized spacial score (nSPS) is 10.8. The number of nitrogens with one attached hydrogen (secondary N) is 1. The molecule has 5 nitrogen and oxygen atoms in total. The molecule has 3 aromatic rings. The first-order valence-electron chi connectivity index (χ1n) is 6.18. The zero-order valence-corrected chi connectivity index (χ0v) is 12.1. The lowest BCUT2D eigenvalue weighted by atomic mass is 10.3. The van der Waals surface area contributed by atoms with Crippen LogP contribution in [0.2, 0.25) is 0 Å². The van der Waals surface area contributed by atoms with Crippen LogP contribution in [0, 0.1) is 0 Å². The van der Waals surface area contributed by atoms with E-state index < -0.39 is 0 Å². The van der Waals surface area contributed by atoms with Gasteiger partial charge < -0.3 is 9.73 Å². The predicted molar refractivity (Wildman–Crippen MR) is 80.9 cm³/mol. The van der Waals surface area contributed by atoms with Crippen molar-refractivity contribution >= 4 is 32.8 Å². The van der Waals surface area contributed by atoms with E-state index in [0.29, 0.717) is 24.3 Å². The molecule has 0 saturated carbocycles. The van der Waals surface area contributed by atoms with Gasteiger partial charge in [-0.3, -0.25) is 4.57 Å². The number of hydrogen-bond acceptors (Lipinski definition) is 4. The molecule has 0 bridgehead atoms. The van der Waals surface area contributed by atoms with Gasteiger partial charge >= 0.3 is 5.76 Å². The first-order valence-corrected chi connectivity index (χ1v) is 6.97. The highest BCUT2D eigenvalue weighted by Crippen LogP contribution is 2.14. The first-order chi connectivity index (χ1) is 9.74. The van der Waals surface area contributed by atoms with Crippen molar-refractivity contribution in [2.24, 2.45) is 0 Å². The van der Waals surface area contributed by atoms with Crippen LogP contribution in [0.3, 0.4) is 0 Å². The largest absolute Gasteiger partial charge is 0.421 e. The second kappa shape index (κ2) is 5.50. The highest BCUT2D eigenvalue weighted by atomic mass is 79.9. The molecule has 2 aromatic heterocycles. The van der Waals surface area contributed by atoms with Gasteiger partial charge in [0.25, 0.3) is 0 Å². The number of hydrogen-bond donors (Lipinski definition) is 1. The Hall–Kier alpha value is -2.08. The van der Waals surface area contributed by atoms with Crippen LogP contribution >= 0.6 is 15.9 Å². The van der Waals surface area contributed by atoms with E-state index in [9.17, 15) is 4.79 Å². The quantitative estimate of drug-likeness (QED) is 0.797. The van der Waals surface area contributed by atoms with Crippen LogP contribution in [0.5, 0.6) is 0 Å². The zero-order chi connectivity index (χ0) is 13.9. The van der Waals surface area contributed by atoms with Crippen LogP contribution in [0.15, 0.2) is 56.3 Å². The van der Waals surface area contributed by atoms with Gasteiger partial charge in [-0.15, -0.1) is 0 Å². The van der Waals surface area contributed by atoms with E-state index in [4.69, 9.17) is 4.42 Å². The number of halogens is 1. The minimum absolute atomic E-state index is 0.378. The van der Waals surface area contributed by atoms with E-state index in [0.717, 1.165) is 10.2 Å². The molecule has 102 valence electrons. The Labute approximate surface area is 123 Å². The fourth-order valence-electron chi connectivity index (χ4n) is 1.98. The molecule has 0 amide bonds. The zero-order valence-electron chi connectivity index (χ0n) is 10.5. The van der Waals surface area contributed by atoms with E-state index in [1.165, 1.54) is 4.57 Å². The minimum atomic E-state index is -0.378. The lowest BCUT2D eigenvalue weighted by Crippen LogP contribution is -2.19. The highest BCUT2D eigenvalue weighted by molar-refractivity contribution is 9.10. The van der Waals surface area contributed by atoms with Gasteiger partial charge in [-0.1, -0.05) is 15.9 Å². The smallest absolute Gasteiger partial charge is 0.406 e. The molecule has 0 fully saturated rings. The van der Waals surface area contributed by atoms with Crippen molar-refractivity contribution in [2.45, 2.75) is 6.54 Å². The van der Waals surface area contributed by atoms with Crippen LogP contribution in [-0.4, -0.2) is 16.1 Å². The molecule has 0 unspecified atom stereocenters. The Morgan fingerprint density at radius 1 is 1.25 bits per heavy atom. The molecule has 3 rings (SSSR count). The summed E-state index contributed by atoms with van der Waals surface area (Å²) in [5.74, 6) is -0.378. The fraction of sp³-hybridized carbons (Fsp3) is 0.143. The third-order valence-electron chi connectivity index (χ3n) is 2.93. The molecule has 0 radical (unpaired) electrons. The van der Waals surface area contributed by atoms with Gasteiger partial charge in [0.15, 0.2) is 11.2 Å². The Bertz CT molecular complexity index is 777. The highest BCUT2D eigenvalue weighted by Gasteiger charge is 2.08. The first kappa shape index (κ1) is 12.9. The third-order valence-corrected chi connectivity index (χ3v) is 3.46. The van der Waals surface area contributed by atoms with Crippen LogP contribution in [0.4, 0.5) is 5.69 Å². The van der Waals surface area contributed by atoms with Gasteiger partial charge in [-0.25, -0.2) is 9.78 Å². The van der Waals surface area contributed by atoms with Crippen LogP contribution in [-0.2, 0) is 6.54 Å². The Morgan fingerprint density at radius 2 is 2.05 bits per heavy atom. The maximum Gasteiger partial charge on any atom is 0.421 e. The summed E-state index contributed by atoms with van der Waals surface area (Å²) in [5, 5.41) is 3.25. The van der Waals surface area contributed by atoms with Crippen LogP contribution in [0.1, 0.15) is 0 Å². The minimum Gasteiger partial charge on any atom is -0.406 e. The van der Waals surface area contributed by atoms with Crippen molar-refractivity contribution in [3.63, 3.8) is 0 Å². The van der Waals surface area contributed by atoms with E-state index in [2.05, 4.69) is 26.2 Å². The van der Waals surface area contributed by atoms with Gasteiger partial charge in [0.1, 0.15) is 0 Å². The molecule has 1 aromatic carbocycles. The van der Waals surface area contributed by atoms with Crippen molar-refractivity contribution in [1.82, 2.24) is 9.55 Å². The molecule has 0 saturated heterocycles. The average molecular weight is 334 g/mol. The Kier molecular flexibility index (Phi) is 3.56. The van der Waals surface area contributed by atoms with E-state index in [1.807, 2.05) is 24.3 Å². The number of rotatable bonds is 4. The maximum atomic E-state index is 11.7. The van der Waals surface area contributed by atoms with Gasteiger partial charge in [0, 0.05) is 29.4 Å². The number of pyridine rings is 1. The number of aromatic nitrogens is 2.